The van der Waals surface area contributed by atoms with Crippen LogP contribution in [0.1, 0.15) is 63.9 Å². The smallest absolute Gasteiger partial charge is 0.337 e. The first-order valence-corrected chi connectivity index (χ1v) is 19.4. The number of esters is 1. The van der Waals surface area contributed by atoms with Crippen molar-refractivity contribution in [2.45, 2.75) is 84.2 Å². The summed E-state index contributed by atoms with van der Waals surface area (Å²) in [6, 6.07) is 5.07. The number of hydrogen-bond acceptors (Lipinski definition) is 7. The lowest BCUT2D eigenvalue weighted by Crippen LogP contribution is -2.46. The molecule has 1 heterocycles. The van der Waals surface area contributed by atoms with Gasteiger partial charge in [0.2, 0.25) is 5.91 Å². The molecule has 0 atom stereocenters. The van der Waals surface area contributed by atoms with E-state index in [4.69, 9.17) is 19.3 Å². The molecule has 10 heteroatoms. The zero-order chi connectivity index (χ0) is 29.8. The van der Waals surface area contributed by atoms with Gasteiger partial charge in [0.05, 0.1) is 31.6 Å². The molecule has 0 unspecified atom stereocenters. The summed E-state index contributed by atoms with van der Waals surface area (Å²) in [7, 11) is -2.61. The standard InChI is InChI=1S/C29H49N3O5Si2/c1-28(2,3)38(8,9)36-16-14-32(15-17-37-39(10,11)29(4,5)6)26(33)23-18-21-12-13-22(27(34)35-7)19-24(21)31-25(30)20-23/h12-13,18-19H,14-17,20H2,1-11H3,(H2,30,31). The highest BCUT2D eigenvalue weighted by Gasteiger charge is 2.38. The second-order valence-corrected chi connectivity index (χ2v) is 22.8. The van der Waals surface area contributed by atoms with Gasteiger partial charge in [0.1, 0.15) is 5.84 Å². The molecule has 1 aliphatic rings. The van der Waals surface area contributed by atoms with Gasteiger partial charge < -0.3 is 24.2 Å². The highest BCUT2D eigenvalue weighted by atomic mass is 28.4. The van der Waals surface area contributed by atoms with Crippen LogP contribution in [0, 0.1) is 0 Å². The Morgan fingerprint density at radius 2 is 1.46 bits per heavy atom. The normalized spacial score (nSPS) is 14.6. The van der Waals surface area contributed by atoms with Crippen molar-refractivity contribution < 1.29 is 23.2 Å². The molecule has 39 heavy (non-hydrogen) atoms. The molecule has 1 aromatic carbocycles. The third-order valence-corrected chi connectivity index (χ3v) is 17.3. The minimum absolute atomic E-state index is 0.0781. The van der Waals surface area contributed by atoms with Gasteiger partial charge in [-0.3, -0.25) is 4.79 Å². The Morgan fingerprint density at radius 1 is 0.949 bits per heavy atom. The third kappa shape index (κ3) is 8.60. The van der Waals surface area contributed by atoms with E-state index in [9.17, 15) is 9.59 Å². The van der Waals surface area contributed by atoms with Crippen LogP contribution in [-0.4, -0.2) is 72.7 Å². The predicted octanol–water partition coefficient (Wildman–Crippen LogP) is 6.12. The molecule has 0 saturated heterocycles. The molecule has 0 saturated carbocycles. The van der Waals surface area contributed by atoms with E-state index in [1.807, 2.05) is 11.0 Å². The number of fused-ring (bicyclic) bond motifs is 1. The molecule has 0 aromatic heterocycles. The molecule has 1 amide bonds. The number of hydrogen-bond donors (Lipinski definition) is 1. The van der Waals surface area contributed by atoms with Crippen LogP contribution in [0.3, 0.4) is 0 Å². The van der Waals surface area contributed by atoms with E-state index in [0.29, 0.717) is 49.0 Å². The van der Waals surface area contributed by atoms with E-state index in [1.54, 1.807) is 18.2 Å². The average molecular weight is 576 g/mol. The van der Waals surface area contributed by atoms with Gasteiger partial charge in [0.25, 0.3) is 0 Å². The lowest BCUT2D eigenvalue weighted by Gasteiger charge is -2.38. The Kier molecular flexibility index (Phi) is 10.5. The molecule has 218 valence electrons. The van der Waals surface area contributed by atoms with Crippen LogP contribution in [0.4, 0.5) is 5.69 Å². The van der Waals surface area contributed by atoms with E-state index in [2.05, 4.69) is 72.7 Å². The largest absolute Gasteiger partial charge is 0.465 e. The second-order valence-electron chi connectivity index (χ2n) is 13.2. The number of carbonyl (C=O) groups is 2. The van der Waals surface area contributed by atoms with Crippen LogP contribution in [0.15, 0.2) is 28.8 Å². The first-order chi connectivity index (χ1) is 17.8. The van der Waals surface area contributed by atoms with Crippen LogP contribution in [0.5, 0.6) is 0 Å². The van der Waals surface area contributed by atoms with Gasteiger partial charge in [-0.2, -0.15) is 0 Å². The number of methoxy groups -OCH3 is 1. The first-order valence-electron chi connectivity index (χ1n) is 13.6. The maximum absolute atomic E-state index is 13.9. The van der Waals surface area contributed by atoms with E-state index < -0.39 is 22.6 Å². The number of nitrogens with two attached hydrogens (primary N) is 1. The Labute approximate surface area is 237 Å². The maximum Gasteiger partial charge on any atom is 0.337 e. The molecule has 1 aromatic rings. The average Bonchev–Trinajstić information content (AvgIpc) is 2.97. The highest BCUT2D eigenvalue weighted by molar-refractivity contribution is 6.74. The van der Waals surface area contributed by atoms with Gasteiger partial charge >= 0.3 is 5.97 Å². The highest BCUT2D eigenvalue weighted by Crippen LogP contribution is 2.37. The van der Waals surface area contributed by atoms with E-state index in [-0.39, 0.29) is 22.4 Å². The number of nitrogens with zero attached hydrogens (tertiary/aromatic N) is 2. The van der Waals surface area contributed by atoms with E-state index in [1.165, 1.54) is 7.11 Å². The van der Waals surface area contributed by atoms with Crippen molar-refractivity contribution in [3.05, 3.63) is 34.9 Å². The summed E-state index contributed by atoms with van der Waals surface area (Å²) in [5.41, 5.74) is 8.41. The SMILES string of the molecule is COC(=O)c1ccc2c(c1)N=C(N)CC(C(=O)N(CCO[Si](C)(C)C(C)(C)C)CCO[Si](C)(C)C(C)(C)C)=C2. The maximum atomic E-state index is 13.9. The summed E-state index contributed by atoms with van der Waals surface area (Å²) in [5, 5.41) is 0.156. The summed E-state index contributed by atoms with van der Waals surface area (Å²) in [6.07, 6.45) is 2.03. The molecule has 0 radical (unpaired) electrons. The topological polar surface area (TPSA) is 103 Å². The number of amides is 1. The number of benzene rings is 1. The summed E-state index contributed by atoms with van der Waals surface area (Å²) in [4.78, 5) is 32.2. The van der Waals surface area contributed by atoms with Crippen LogP contribution in [-0.2, 0) is 18.4 Å². The Morgan fingerprint density at radius 3 is 1.92 bits per heavy atom. The summed E-state index contributed by atoms with van der Waals surface area (Å²) >= 11 is 0. The van der Waals surface area contributed by atoms with Crippen molar-refractivity contribution in [3.8, 4) is 0 Å². The predicted molar refractivity (Wildman–Crippen MR) is 165 cm³/mol. The lowest BCUT2D eigenvalue weighted by atomic mass is 10.0. The van der Waals surface area contributed by atoms with Crippen LogP contribution < -0.4 is 5.73 Å². The van der Waals surface area contributed by atoms with Crippen molar-refractivity contribution in [1.82, 2.24) is 4.90 Å². The fraction of sp³-hybridized carbons (Fsp3) is 0.621. The van der Waals surface area contributed by atoms with Crippen LogP contribution >= 0.6 is 0 Å². The number of aliphatic imine (C=N–C) groups is 1. The number of rotatable bonds is 10. The fourth-order valence-corrected chi connectivity index (χ4v) is 5.62. The molecule has 0 spiro atoms. The Hall–Kier alpha value is -2.28. The molecule has 2 N–H and O–H groups in total. The quantitative estimate of drug-likeness (QED) is 0.266. The zero-order valence-electron chi connectivity index (χ0n) is 25.9. The zero-order valence-corrected chi connectivity index (χ0v) is 27.9. The molecule has 1 aliphatic heterocycles. The third-order valence-electron chi connectivity index (χ3n) is 8.24. The van der Waals surface area contributed by atoms with Crippen molar-refractivity contribution in [3.63, 3.8) is 0 Å². The Bertz CT molecular complexity index is 1080. The summed E-state index contributed by atoms with van der Waals surface area (Å²) in [6.45, 7) is 23.9. The van der Waals surface area contributed by atoms with Gasteiger partial charge in [-0.1, -0.05) is 47.6 Å². The van der Waals surface area contributed by atoms with Gasteiger partial charge in [-0.15, -0.1) is 0 Å². The summed E-state index contributed by atoms with van der Waals surface area (Å²) in [5.74, 6) is -0.258. The molecule has 0 fully saturated rings. The number of ether oxygens (including phenoxy) is 1. The van der Waals surface area contributed by atoms with Crippen molar-refractivity contribution >= 4 is 46.1 Å². The van der Waals surface area contributed by atoms with Gasteiger partial charge in [-0.25, -0.2) is 9.79 Å². The van der Waals surface area contributed by atoms with Crippen LogP contribution in [0.25, 0.3) is 6.08 Å². The minimum atomic E-state index is -1.97. The molecule has 0 bridgehead atoms. The monoisotopic (exact) mass is 575 g/mol. The summed E-state index contributed by atoms with van der Waals surface area (Å²) < 4.78 is 17.7. The minimum Gasteiger partial charge on any atom is -0.465 e. The number of amidine groups is 1. The van der Waals surface area contributed by atoms with Gasteiger partial charge in [0.15, 0.2) is 16.6 Å². The molecule has 0 aliphatic carbocycles. The lowest BCUT2D eigenvalue weighted by molar-refractivity contribution is -0.128. The second kappa shape index (κ2) is 12.5. The molecule has 8 nitrogen and oxygen atoms in total. The fourth-order valence-electron chi connectivity index (χ4n) is 3.55. The molecule has 2 rings (SSSR count). The van der Waals surface area contributed by atoms with Crippen molar-refractivity contribution in [1.29, 1.82) is 0 Å². The first kappa shape index (κ1) is 32.9. The molecular weight excluding hydrogens is 527 g/mol. The molecular formula is C29H49N3O5Si2. The Balaban J connectivity index is 2.32. The number of carbonyl (C=O) groups excluding carboxylic acids is 2. The van der Waals surface area contributed by atoms with Gasteiger partial charge in [0, 0.05) is 30.6 Å². The van der Waals surface area contributed by atoms with E-state index >= 15 is 0 Å². The van der Waals surface area contributed by atoms with Crippen LogP contribution in [0.2, 0.25) is 36.3 Å². The van der Waals surface area contributed by atoms with E-state index in [0.717, 1.165) is 5.56 Å². The van der Waals surface area contributed by atoms with Gasteiger partial charge in [-0.05, 0) is 54.5 Å². The van der Waals surface area contributed by atoms with Crippen molar-refractivity contribution in [2.24, 2.45) is 10.7 Å². The van der Waals surface area contributed by atoms with Crippen molar-refractivity contribution in [2.75, 3.05) is 33.4 Å².